The second kappa shape index (κ2) is 5.61. The normalized spacial score (nSPS) is 10.9. The minimum Gasteiger partial charge on any atom is -0.207 e. The summed E-state index contributed by atoms with van der Waals surface area (Å²) in [6.07, 6.45) is -0.0620. The molecule has 0 radical (unpaired) electrons. The topological polar surface area (TPSA) is 0 Å². The average Bonchev–Trinajstić information content (AvgIpc) is 2.40. The van der Waals surface area contributed by atoms with Crippen molar-refractivity contribution in [3.05, 3.63) is 70.0 Å². The lowest BCUT2D eigenvalue weighted by molar-refractivity contribution is 0.486. The van der Waals surface area contributed by atoms with Crippen LogP contribution in [0.5, 0.6) is 0 Å². The van der Waals surface area contributed by atoms with Crippen molar-refractivity contribution in [2.24, 2.45) is 0 Å². The summed E-state index contributed by atoms with van der Waals surface area (Å²) in [5.74, 6) is -5.30. The summed E-state index contributed by atoms with van der Waals surface area (Å²) in [7, 11) is 0. The molecule has 0 saturated heterocycles. The highest BCUT2D eigenvalue weighted by Gasteiger charge is 2.13. The fourth-order valence-electron chi connectivity index (χ4n) is 1.90. The highest BCUT2D eigenvalue weighted by atomic mass is 19.2. The summed E-state index contributed by atoms with van der Waals surface area (Å²) >= 11 is 0. The first-order valence-corrected chi connectivity index (χ1v) is 5.97. The van der Waals surface area contributed by atoms with Gasteiger partial charge in [-0.1, -0.05) is 12.1 Å². The van der Waals surface area contributed by atoms with Crippen LogP contribution in [0, 0.1) is 36.0 Å². The van der Waals surface area contributed by atoms with Crippen LogP contribution in [0.25, 0.3) is 0 Å². The first kappa shape index (κ1) is 14.5. The van der Waals surface area contributed by atoms with E-state index in [1.807, 2.05) is 0 Å². The Balaban J connectivity index is 2.21. The van der Waals surface area contributed by atoms with E-state index >= 15 is 0 Å². The maximum absolute atomic E-state index is 13.6. The van der Waals surface area contributed by atoms with Crippen molar-refractivity contribution in [3.63, 3.8) is 0 Å². The lowest BCUT2D eigenvalue weighted by Crippen LogP contribution is -2.02. The molecule has 0 fully saturated rings. The maximum atomic E-state index is 13.6. The van der Waals surface area contributed by atoms with Crippen LogP contribution < -0.4 is 0 Å². The largest absolute Gasteiger partial charge is 0.207 e. The predicted octanol–water partition coefficient (Wildman–Crippen LogP) is 4.48. The molecule has 2 rings (SSSR count). The van der Waals surface area contributed by atoms with Crippen LogP contribution in [0.1, 0.15) is 16.7 Å². The fraction of sp³-hybridized carbons (Fsp3) is 0.200. The summed E-state index contributed by atoms with van der Waals surface area (Å²) in [5, 5.41) is 0. The number of rotatable bonds is 3. The summed E-state index contributed by atoms with van der Waals surface area (Å²) in [5.41, 5.74) is 0.159. The van der Waals surface area contributed by atoms with E-state index in [0.29, 0.717) is 6.07 Å². The Labute approximate surface area is 112 Å². The fourth-order valence-corrected chi connectivity index (χ4v) is 1.90. The molecular formula is C15H11F5. The van der Waals surface area contributed by atoms with Gasteiger partial charge >= 0.3 is 0 Å². The molecule has 2 aromatic rings. The summed E-state index contributed by atoms with van der Waals surface area (Å²) in [6.45, 7) is 1.43. The van der Waals surface area contributed by atoms with E-state index < -0.39 is 29.1 Å². The summed E-state index contributed by atoms with van der Waals surface area (Å²) in [6, 6.07) is 3.98. The summed E-state index contributed by atoms with van der Waals surface area (Å²) < 4.78 is 66.1. The maximum Gasteiger partial charge on any atom is 0.162 e. The second-order valence-electron chi connectivity index (χ2n) is 4.53. The zero-order valence-corrected chi connectivity index (χ0v) is 10.6. The molecule has 0 amide bonds. The molecule has 0 aliphatic rings. The van der Waals surface area contributed by atoms with Gasteiger partial charge in [0, 0.05) is 6.07 Å². The van der Waals surface area contributed by atoms with Crippen LogP contribution in [0.15, 0.2) is 24.3 Å². The minimum atomic E-state index is -1.28. The number of hydrogen-bond donors (Lipinski definition) is 0. The Kier molecular flexibility index (Phi) is 4.06. The Bertz CT molecular complexity index is 647. The van der Waals surface area contributed by atoms with Crippen molar-refractivity contribution in [2.45, 2.75) is 19.8 Å². The molecule has 0 N–H and O–H groups in total. The second-order valence-corrected chi connectivity index (χ2v) is 4.53. The first-order valence-electron chi connectivity index (χ1n) is 5.97. The van der Waals surface area contributed by atoms with Crippen LogP contribution in [-0.2, 0) is 12.8 Å². The van der Waals surface area contributed by atoms with Crippen molar-refractivity contribution in [3.8, 4) is 0 Å². The van der Waals surface area contributed by atoms with E-state index in [-0.39, 0.29) is 29.5 Å². The Morgan fingerprint density at radius 1 is 0.700 bits per heavy atom. The van der Waals surface area contributed by atoms with Gasteiger partial charge < -0.3 is 0 Å². The average molecular weight is 286 g/mol. The summed E-state index contributed by atoms with van der Waals surface area (Å²) in [4.78, 5) is 0. The molecule has 0 aliphatic heterocycles. The third-order valence-corrected chi connectivity index (χ3v) is 3.11. The molecule has 0 unspecified atom stereocenters. The third kappa shape index (κ3) is 2.81. The number of aryl methyl sites for hydroxylation is 3. The van der Waals surface area contributed by atoms with E-state index in [1.54, 1.807) is 0 Å². The molecule has 0 spiro atoms. The predicted molar refractivity (Wildman–Crippen MR) is 64.8 cm³/mol. The van der Waals surface area contributed by atoms with Crippen LogP contribution in [-0.4, -0.2) is 0 Å². The molecule has 0 saturated carbocycles. The minimum absolute atomic E-state index is 0.00890. The monoisotopic (exact) mass is 286 g/mol. The van der Waals surface area contributed by atoms with Crippen LogP contribution in [0.3, 0.4) is 0 Å². The van der Waals surface area contributed by atoms with Crippen LogP contribution >= 0.6 is 0 Å². The highest BCUT2D eigenvalue weighted by Crippen LogP contribution is 2.20. The molecule has 0 bridgehead atoms. The quantitative estimate of drug-likeness (QED) is 0.576. The Hall–Kier alpha value is -1.91. The zero-order valence-electron chi connectivity index (χ0n) is 10.6. The van der Waals surface area contributed by atoms with Gasteiger partial charge in [-0.15, -0.1) is 0 Å². The first-order chi connectivity index (χ1) is 9.40. The van der Waals surface area contributed by atoms with Gasteiger partial charge in [0.25, 0.3) is 0 Å². The van der Waals surface area contributed by atoms with Gasteiger partial charge in [0.1, 0.15) is 5.82 Å². The lowest BCUT2D eigenvalue weighted by Gasteiger charge is -2.07. The van der Waals surface area contributed by atoms with Gasteiger partial charge in [0.05, 0.1) is 0 Å². The number of benzene rings is 2. The van der Waals surface area contributed by atoms with Crippen molar-refractivity contribution >= 4 is 0 Å². The molecule has 0 aromatic heterocycles. The van der Waals surface area contributed by atoms with Gasteiger partial charge in [0.2, 0.25) is 0 Å². The number of hydrogen-bond acceptors (Lipinski definition) is 0. The van der Waals surface area contributed by atoms with Crippen molar-refractivity contribution in [1.82, 2.24) is 0 Å². The molecule has 0 nitrogen and oxygen atoms in total. The molecule has 0 aliphatic carbocycles. The van der Waals surface area contributed by atoms with E-state index in [1.165, 1.54) is 19.1 Å². The van der Waals surface area contributed by atoms with Crippen molar-refractivity contribution in [1.29, 1.82) is 0 Å². The third-order valence-electron chi connectivity index (χ3n) is 3.11. The lowest BCUT2D eigenvalue weighted by atomic mass is 10.0. The SMILES string of the molecule is Cc1ccc(CCc2cc(F)c(F)cc2F)c(F)c1F. The van der Waals surface area contributed by atoms with E-state index in [4.69, 9.17) is 0 Å². The van der Waals surface area contributed by atoms with Gasteiger partial charge in [-0.2, -0.15) is 0 Å². The van der Waals surface area contributed by atoms with Crippen LogP contribution in [0.4, 0.5) is 22.0 Å². The van der Waals surface area contributed by atoms with Gasteiger partial charge in [-0.25, -0.2) is 22.0 Å². The Morgan fingerprint density at radius 2 is 1.30 bits per heavy atom. The number of halogens is 5. The van der Waals surface area contributed by atoms with Gasteiger partial charge in [-0.3, -0.25) is 0 Å². The molecule has 0 atom stereocenters. The van der Waals surface area contributed by atoms with E-state index in [9.17, 15) is 22.0 Å². The zero-order chi connectivity index (χ0) is 14.9. The standard InChI is InChI=1S/C15H11F5/c1-8-2-3-9(15(20)14(8)19)4-5-10-6-12(17)13(18)7-11(10)16/h2-3,6-7H,4-5H2,1H3. The van der Waals surface area contributed by atoms with Crippen molar-refractivity contribution < 1.29 is 22.0 Å². The molecule has 5 heteroatoms. The van der Waals surface area contributed by atoms with Gasteiger partial charge in [0.15, 0.2) is 23.3 Å². The van der Waals surface area contributed by atoms with E-state index in [2.05, 4.69) is 0 Å². The molecule has 2 aromatic carbocycles. The molecule has 20 heavy (non-hydrogen) atoms. The Morgan fingerprint density at radius 3 is 2.00 bits per heavy atom. The highest BCUT2D eigenvalue weighted by molar-refractivity contribution is 5.27. The molecule has 106 valence electrons. The van der Waals surface area contributed by atoms with Gasteiger partial charge in [-0.05, 0) is 42.5 Å². The van der Waals surface area contributed by atoms with Crippen LogP contribution in [0.2, 0.25) is 0 Å². The molecular weight excluding hydrogens is 275 g/mol. The smallest absolute Gasteiger partial charge is 0.162 e. The molecule has 0 heterocycles. The van der Waals surface area contributed by atoms with Crippen molar-refractivity contribution in [2.75, 3.05) is 0 Å². The van der Waals surface area contributed by atoms with E-state index in [0.717, 1.165) is 6.07 Å².